The molecule has 0 amide bonds. The summed E-state index contributed by atoms with van der Waals surface area (Å²) < 4.78 is 25.9. The molecule has 1 aliphatic carbocycles. The third kappa shape index (κ3) is 4.30. The molecule has 0 heterocycles. The van der Waals surface area contributed by atoms with E-state index in [-0.39, 0.29) is 17.7 Å². The van der Waals surface area contributed by atoms with Gasteiger partial charge in [0, 0.05) is 6.54 Å². The van der Waals surface area contributed by atoms with Crippen LogP contribution in [-0.4, -0.2) is 20.7 Å². The molecule has 0 spiro atoms. The number of alkyl halides is 1. The van der Waals surface area contributed by atoms with E-state index in [1.54, 1.807) is 0 Å². The molecule has 5 heteroatoms. The van der Waals surface area contributed by atoms with Gasteiger partial charge in [-0.25, -0.2) is 13.1 Å². The van der Waals surface area contributed by atoms with E-state index >= 15 is 0 Å². The van der Waals surface area contributed by atoms with E-state index in [9.17, 15) is 8.42 Å². The topological polar surface area (TPSA) is 46.2 Å². The largest absolute Gasteiger partial charge is 0.213 e. The van der Waals surface area contributed by atoms with Crippen molar-refractivity contribution in [2.75, 3.05) is 12.3 Å². The van der Waals surface area contributed by atoms with Crippen LogP contribution in [0, 0.1) is 5.92 Å². The first kappa shape index (κ1) is 12.9. The first-order valence-electron chi connectivity index (χ1n) is 5.73. The van der Waals surface area contributed by atoms with Crippen molar-refractivity contribution < 1.29 is 8.42 Å². The summed E-state index contributed by atoms with van der Waals surface area (Å²) in [4.78, 5) is 0. The van der Waals surface area contributed by atoms with Crippen molar-refractivity contribution >= 4 is 21.6 Å². The molecule has 1 unspecified atom stereocenters. The molecule has 1 aliphatic rings. The van der Waals surface area contributed by atoms with Gasteiger partial charge in [-0.2, -0.15) is 0 Å². The first-order valence-corrected chi connectivity index (χ1v) is 7.82. The molecule has 1 atom stereocenters. The molecule has 1 aromatic rings. The number of benzene rings is 1. The molecule has 1 aromatic carbocycles. The van der Waals surface area contributed by atoms with Crippen molar-refractivity contribution in [2.45, 2.75) is 18.2 Å². The highest BCUT2D eigenvalue weighted by Gasteiger charge is 2.28. The third-order valence-electron chi connectivity index (χ3n) is 2.80. The summed E-state index contributed by atoms with van der Waals surface area (Å²) in [5, 5.41) is -0.315. The Labute approximate surface area is 107 Å². The minimum atomic E-state index is -3.16. The second-order valence-electron chi connectivity index (χ2n) is 4.45. The number of nitrogens with one attached hydrogen (secondary N) is 1. The fourth-order valence-corrected chi connectivity index (χ4v) is 3.44. The van der Waals surface area contributed by atoms with E-state index in [1.165, 1.54) is 0 Å². The van der Waals surface area contributed by atoms with E-state index in [2.05, 4.69) is 4.72 Å². The van der Waals surface area contributed by atoms with Crippen LogP contribution in [0.5, 0.6) is 0 Å². The maximum absolute atomic E-state index is 11.6. The standard InChI is InChI=1S/C12H16ClNO2S/c13-12(11-4-2-1-3-5-11)8-14-17(15,16)9-10-6-7-10/h1-5,10,12,14H,6-9H2. The zero-order chi connectivity index (χ0) is 12.3. The van der Waals surface area contributed by atoms with Crippen molar-refractivity contribution in [1.82, 2.24) is 4.72 Å². The van der Waals surface area contributed by atoms with Crippen molar-refractivity contribution in [3.63, 3.8) is 0 Å². The van der Waals surface area contributed by atoms with Gasteiger partial charge in [0.25, 0.3) is 0 Å². The molecular weight excluding hydrogens is 258 g/mol. The van der Waals surface area contributed by atoms with Gasteiger partial charge in [0.2, 0.25) is 10.0 Å². The van der Waals surface area contributed by atoms with Gasteiger partial charge < -0.3 is 0 Å². The van der Waals surface area contributed by atoms with Crippen LogP contribution in [0.2, 0.25) is 0 Å². The number of sulfonamides is 1. The Kier molecular flexibility index (Phi) is 4.07. The van der Waals surface area contributed by atoms with Crippen LogP contribution in [0.15, 0.2) is 30.3 Å². The Hall–Kier alpha value is -0.580. The molecule has 0 saturated heterocycles. The van der Waals surface area contributed by atoms with E-state index in [4.69, 9.17) is 11.6 Å². The summed E-state index contributed by atoms with van der Waals surface area (Å²) in [5.41, 5.74) is 0.934. The quantitative estimate of drug-likeness (QED) is 0.809. The molecule has 0 aromatic heterocycles. The Morgan fingerprint density at radius 3 is 2.53 bits per heavy atom. The summed E-state index contributed by atoms with van der Waals surface area (Å²) in [7, 11) is -3.16. The molecule has 0 bridgehead atoms. The molecule has 94 valence electrons. The van der Waals surface area contributed by atoms with Gasteiger partial charge in [0.1, 0.15) is 0 Å². The van der Waals surface area contributed by atoms with Crippen molar-refractivity contribution in [1.29, 1.82) is 0 Å². The van der Waals surface area contributed by atoms with Crippen LogP contribution < -0.4 is 4.72 Å². The molecular formula is C12H16ClNO2S. The van der Waals surface area contributed by atoms with Crippen molar-refractivity contribution in [3.8, 4) is 0 Å². The highest BCUT2D eigenvalue weighted by Crippen LogP contribution is 2.30. The van der Waals surface area contributed by atoms with Crippen molar-refractivity contribution in [3.05, 3.63) is 35.9 Å². The summed E-state index contributed by atoms with van der Waals surface area (Å²) in [6, 6.07) is 9.48. The van der Waals surface area contributed by atoms with Gasteiger partial charge in [-0.05, 0) is 24.3 Å². The lowest BCUT2D eigenvalue weighted by molar-refractivity contribution is 0.577. The van der Waals surface area contributed by atoms with Gasteiger partial charge in [-0.15, -0.1) is 11.6 Å². The number of hydrogen-bond donors (Lipinski definition) is 1. The first-order chi connectivity index (χ1) is 8.07. The maximum Gasteiger partial charge on any atom is 0.211 e. The molecule has 1 fully saturated rings. The van der Waals surface area contributed by atoms with Crippen LogP contribution >= 0.6 is 11.6 Å². The lowest BCUT2D eigenvalue weighted by Crippen LogP contribution is -2.30. The predicted octanol–water partition coefficient (Wildman–Crippen LogP) is 2.30. The minimum Gasteiger partial charge on any atom is -0.213 e. The monoisotopic (exact) mass is 273 g/mol. The molecule has 3 nitrogen and oxygen atoms in total. The van der Waals surface area contributed by atoms with Gasteiger partial charge in [0.15, 0.2) is 0 Å². The maximum atomic E-state index is 11.6. The lowest BCUT2D eigenvalue weighted by atomic mass is 10.1. The third-order valence-corrected chi connectivity index (χ3v) is 4.72. The van der Waals surface area contributed by atoms with Crippen LogP contribution in [0.1, 0.15) is 23.8 Å². The van der Waals surface area contributed by atoms with Crippen LogP contribution in [-0.2, 0) is 10.0 Å². The molecule has 0 aliphatic heterocycles. The number of rotatable bonds is 6. The van der Waals surface area contributed by atoms with Gasteiger partial charge in [0.05, 0.1) is 11.1 Å². The van der Waals surface area contributed by atoms with Crippen LogP contribution in [0.4, 0.5) is 0 Å². The SMILES string of the molecule is O=S(=O)(CC1CC1)NCC(Cl)c1ccccc1. The number of hydrogen-bond acceptors (Lipinski definition) is 2. The highest BCUT2D eigenvalue weighted by atomic mass is 35.5. The molecule has 1 N–H and O–H groups in total. The molecule has 2 rings (SSSR count). The summed E-state index contributed by atoms with van der Waals surface area (Å²) >= 11 is 6.14. The fraction of sp³-hybridized carbons (Fsp3) is 0.500. The normalized spacial score (nSPS) is 17.9. The Morgan fingerprint density at radius 2 is 1.94 bits per heavy atom. The fourth-order valence-electron chi connectivity index (χ4n) is 1.63. The van der Waals surface area contributed by atoms with Crippen molar-refractivity contribution in [2.24, 2.45) is 5.92 Å². The van der Waals surface area contributed by atoms with E-state index < -0.39 is 10.0 Å². The van der Waals surface area contributed by atoms with E-state index in [1.807, 2.05) is 30.3 Å². The second kappa shape index (κ2) is 5.38. The zero-order valence-electron chi connectivity index (χ0n) is 9.47. The average Bonchev–Trinajstić information content (AvgIpc) is 3.10. The van der Waals surface area contributed by atoms with Gasteiger partial charge in [-0.1, -0.05) is 30.3 Å². The Balaban J connectivity index is 1.85. The smallest absolute Gasteiger partial charge is 0.211 e. The summed E-state index contributed by atoms with van der Waals surface area (Å²) in [6.07, 6.45) is 2.06. The summed E-state index contributed by atoms with van der Waals surface area (Å²) in [5.74, 6) is 0.601. The zero-order valence-corrected chi connectivity index (χ0v) is 11.0. The predicted molar refractivity (Wildman–Crippen MR) is 69.5 cm³/mol. The van der Waals surface area contributed by atoms with Crippen LogP contribution in [0.3, 0.4) is 0 Å². The average molecular weight is 274 g/mol. The van der Waals surface area contributed by atoms with Gasteiger partial charge in [-0.3, -0.25) is 0 Å². The van der Waals surface area contributed by atoms with E-state index in [0.29, 0.717) is 5.92 Å². The van der Waals surface area contributed by atoms with Gasteiger partial charge >= 0.3 is 0 Å². The Morgan fingerprint density at radius 1 is 1.29 bits per heavy atom. The molecule has 17 heavy (non-hydrogen) atoms. The highest BCUT2D eigenvalue weighted by molar-refractivity contribution is 7.89. The van der Waals surface area contributed by atoms with Crippen LogP contribution in [0.25, 0.3) is 0 Å². The Bertz CT molecular complexity index is 457. The molecule has 0 radical (unpaired) electrons. The van der Waals surface area contributed by atoms with E-state index in [0.717, 1.165) is 18.4 Å². The lowest BCUT2D eigenvalue weighted by Gasteiger charge is -2.11. The second-order valence-corrected chi connectivity index (χ2v) is 6.83. The molecule has 1 saturated carbocycles. The minimum absolute atomic E-state index is 0.241. The number of halogens is 1. The summed E-state index contributed by atoms with van der Waals surface area (Å²) in [6.45, 7) is 0.251.